The minimum absolute atomic E-state index is 0.206. The number of anilines is 1. The van der Waals surface area contributed by atoms with Gasteiger partial charge in [-0.3, -0.25) is 14.8 Å². The largest absolute Gasteiger partial charge is 0.381 e. The van der Waals surface area contributed by atoms with Crippen LogP contribution in [0.5, 0.6) is 0 Å². The van der Waals surface area contributed by atoms with Crippen LogP contribution in [-0.2, 0) is 4.74 Å². The lowest BCUT2D eigenvalue weighted by molar-refractivity contribution is 0.0661. The third-order valence-electron chi connectivity index (χ3n) is 4.70. The van der Waals surface area contributed by atoms with Gasteiger partial charge in [0, 0.05) is 19.4 Å². The van der Waals surface area contributed by atoms with E-state index in [2.05, 4.69) is 34.5 Å². The Morgan fingerprint density at radius 3 is 3.04 bits per heavy atom. The molecule has 0 aromatic carbocycles. The molecular weight excluding hydrogens is 336 g/mol. The van der Waals surface area contributed by atoms with Gasteiger partial charge in [-0.1, -0.05) is 30.4 Å². The van der Waals surface area contributed by atoms with Gasteiger partial charge in [-0.25, -0.2) is 4.98 Å². The summed E-state index contributed by atoms with van der Waals surface area (Å²) in [5.74, 6) is 0.333. The van der Waals surface area contributed by atoms with Crippen LogP contribution < -0.4 is 15.2 Å². The fourth-order valence-electron chi connectivity index (χ4n) is 3.26. The minimum atomic E-state index is -0.206. The van der Waals surface area contributed by atoms with Crippen LogP contribution in [0, 0.1) is 5.92 Å². The highest BCUT2D eigenvalue weighted by molar-refractivity contribution is 7.13. The Kier molecular flexibility index (Phi) is 4.67. The van der Waals surface area contributed by atoms with Crippen molar-refractivity contribution in [2.24, 2.45) is 5.92 Å². The zero-order valence-electron chi connectivity index (χ0n) is 14.3. The molecule has 1 aliphatic carbocycles. The molecule has 1 fully saturated rings. The maximum atomic E-state index is 12.5. The molecule has 7 heteroatoms. The predicted octanol–water partition coefficient (Wildman–Crippen LogP) is 1.93. The maximum absolute atomic E-state index is 12.5. The molecule has 2 aromatic heterocycles. The van der Waals surface area contributed by atoms with Crippen LogP contribution in [0.25, 0.3) is 12.2 Å². The van der Waals surface area contributed by atoms with Gasteiger partial charge in [-0.15, -0.1) is 0 Å². The van der Waals surface area contributed by atoms with E-state index in [1.54, 1.807) is 6.07 Å². The number of carbonyl (C=O) groups is 1. The fraction of sp³-hybridized carbons (Fsp3) is 0.500. The minimum Gasteiger partial charge on any atom is -0.381 e. The van der Waals surface area contributed by atoms with Gasteiger partial charge in [0.05, 0.1) is 15.9 Å². The highest BCUT2D eigenvalue weighted by Gasteiger charge is 2.19. The van der Waals surface area contributed by atoms with Crippen molar-refractivity contribution in [3.63, 3.8) is 0 Å². The first-order chi connectivity index (χ1) is 12.2. The molecule has 1 amide bonds. The zero-order chi connectivity index (χ0) is 17.2. The van der Waals surface area contributed by atoms with Crippen molar-refractivity contribution in [2.75, 3.05) is 18.5 Å². The average Bonchev–Trinajstić information content (AvgIpc) is 3.20. The van der Waals surface area contributed by atoms with Gasteiger partial charge in [-0.05, 0) is 37.7 Å². The monoisotopic (exact) mass is 358 g/mol. The summed E-state index contributed by atoms with van der Waals surface area (Å²) in [6, 6.07) is 2.08. The number of aromatic nitrogens is 3. The number of rotatable bonds is 3. The van der Waals surface area contributed by atoms with Crippen LogP contribution in [0.15, 0.2) is 12.3 Å². The van der Waals surface area contributed by atoms with Crippen molar-refractivity contribution < 1.29 is 9.53 Å². The first-order valence-corrected chi connectivity index (χ1v) is 9.64. The quantitative estimate of drug-likeness (QED) is 0.910. The van der Waals surface area contributed by atoms with Crippen molar-refractivity contribution in [1.82, 2.24) is 14.8 Å². The first-order valence-electron chi connectivity index (χ1n) is 8.82. The molecule has 2 aromatic rings. The second kappa shape index (κ2) is 7.09. The van der Waals surface area contributed by atoms with Crippen molar-refractivity contribution in [3.05, 3.63) is 27.8 Å². The Balaban J connectivity index is 1.49. The van der Waals surface area contributed by atoms with Gasteiger partial charge in [0.1, 0.15) is 0 Å². The summed E-state index contributed by atoms with van der Waals surface area (Å²) in [7, 11) is 0. The van der Waals surface area contributed by atoms with E-state index < -0.39 is 0 Å². The van der Waals surface area contributed by atoms with Gasteiger partial charge in [-0.2, -0.15) is 5.10 Å². The number of ether oxygens (including phenoxy) is 1. The van der Waals surface area contributed by atoms with Gasteiger partial charge in [0.15, 0.2) is 10.8 Å². The molecule has 0 radical (unpaired) electrons. The molecule has 1 aliphatic heterocycles. The summed E-state index contributed by atoms with van der Waals surface area (Å²) in [6.45, 7) is 3.72. The van der Waals surface area contributed by atoms with Crippen LogP contribution in [-0.4, -0.2) is 33.9 Å². The summed E-state index contributed by atoms with van der Waals surface area (Å²) in [5, 5.41) is 8.96. The summed E-state index contributed by atoms with van der Waals surface area (Å²) >= 11 is 1.53. The number of nitrogens with zero attached hydrogens (tertiary/aromatic N) is 3. The molecule has 25 heavy (non-hydrogen) atoms. The Hall–Kier alpha value is -1.99. The molecule has 132 valence electrons. The summed E-state index contributed by atoms with van der Waals surface area (Å²) in [5.41, 5.74) is 0.429. The lowest BCUT2D eigenvalue weighted by atomic mass is 10.1. The van der Waals surface area contributed by atoms with Crippen LogP contribution in [0.1, 0.15) is 49.1 Å². The van der Waals surface area contributed by atoms with E-state index in [1.807, 2.05) is 10.9 Å². The number of fused-ring (bicyclic) bond motifs is 1. The van der Waals surface area contributed by atoms with E-state index in [9.17, 15) is 4.79 Å². The van der Waals surface area contributed by atoms with Gasteiger partial charge < -0.3 is 4.74 Å². The van der Waals surface area contributed by atoms with Gasteiger partial charge in [0.25, 0.3) is 5.91 Å². The van der Waals surface area contributed by atoms with Gasteiger partial charge in [0.2, 0.25) is 0 Å². The lowest BCUT2D eigenvalue weighted by Gasteiger charge is -2.22. The van der Waals surface area contributed by atoms with E-state index in [4.69, 9.17) is 4.74 Å². The van der Waals surface area contributed by atoms with Crippen LogP contribution in [0.4, 0.5) is 5.13 Å². The number of amides is 1. The normalized spacial score (nSPS) is 20.9. The average molecular weight is 358 g/mol. The molecule has 1 N–H and O–H groups in total. The van der Waals surface area contributed by atoms with Crippen LogP contribution in [0.2, 0.25) is 0 Å². The number of thiazole rings is 1. The molecule has 1 saturated heterocycles. The van der Waals surface area contributed by atoms with E-state index in [1.165, 1.54) is 11.3 Å². The first kappa shape index (κ1) is 16.5. The molecule has 0 bridgehead atoms. The summed E-state index contributed by atoms with van der Waals surface area (Å²) in [4.78, 5) is 17.0. The van der Waals surface area contributed by atoms with E-state index in [0.717, 1.165) is 48.8 Å². The predicted molar refractivity (Wildman–Crippen MR) is 98.0 cm³/mol. The standard InChI is InChI=1S/C18H22N4O2S/c1-12-3-2-4-14-16(11-12)25-18(19-14)20-17(23)15-5-8-22(21-15)13-6-9-24-10-7-13/h4-5,8,11-13H,2-3,6-7,9-10H2,1H3,(H,19,20,23). The second-order valence-corrected chi connectivity index (χ2v) is 7.70. The highest BCUT2D eigenvalue weighted by Crippen LogP contribution is 2.20. The third-order valence-corrected chi connectivity index (χ3v) is 5.65. The number of hydrogen-bond donors (Lipinski definition) is 1. The molecule has 0 saturated carbocycles. The van der Waals surface area contributed by atoms with Crippen LogP contribution >= 0.6 is 11.3 Å². The Bertz CT molecular complexity index is 879. The van der Waals surface area contributed by atoms with Crippen molar-refractivity contribution in [2.45, 2.75) is 38.6 Å². The lowest BCUT2D eigenvalue weighted by Crippen LogP contribution is -2.21. The van der Waals surface area contributed by atoms with Crippen molar-refractivity contribution >= 4 is 34.5 Å². The summed E-state index contributed by atoms with van der Waals surface area (Å²) < 4.78 is 8.41. The fourth-order valence-corrected chi connectivity index (χ4v) is 4.29. The Morgan fingerprint density at radius 1 is 1.36 bits per heavy atom. The zero-order valence-corrected chi connectivity index (χ0v) is 15.1. The van der Waals surface area contributed by atoms with E-state index in [0.29, 0.717) is 22.8 Å². The third kappa shape index (κ3) is 3.67. The van der Waals surface area contributed by atoms with Crippen molar-refractivity contribution in [3.8, 4) is 0 Å². The Labute approximate surface area is 150 Å². The molecular formula is C18H22N4O2S. The molecule has 4 rings (SSSR count). The topological polar surface area (TPSA) is 69.0 Å². The van der Waals surface area contributed by atoms with Gasteiger partial charge >= 0.3 is 0 Å². The van der Waals surface area contributed by atoms with Crippen molar-refractivity contribution in [1.29, 1.82) is 0 Å². The number of hydrogen-bond acceptors (Lipinski definition) is 5. The molecule has 2 aliphatic rings. The molecule has 6 nitrogen and oxygen atoms in total. The maximum Gasteiger partial charge on any atom is 0.277 e. The van der Waals surface area contributed by atoms with E-state index >= 15 is 0 Å². The molecule has 1 atom stereocenters. The molecule has 0 spiro atoms. The molecule has 3 heterocycles. The van der Waals surface area contributed by atoms with E-state index in [-0.39, 0.29) is 5.91 Å². The number of carbonyl (C=O) groups excluding carboxylic acids is 1. The SMILES string of the molecule is CC1C=c2sc(NC(=O)c3ccn(C4CCOCC4)n3)nc2=CCC1. The number of nitrogens with one attached hydrogen (secondary N) is 1. The highest BCUT2D eigenvalue weighted by atomic mass is 32.1. The Morgan fingerprint density at radius 2 is 2.20 bits per heavy atom. The molecule has 1 unspecified atom stereocenters. The smallest absolute Gasteiger partial charge is 0.277 e. The van der Waals surface area contributed by atoms with Crippen LogP contribution in [0.3, 0.4) is 0 Å². The summed E-state index contributed by atoms with van der Waals surface area (Å²) in [6.07, 6.45) is 10.3. The second-order valence-electron chi connectivity index (χ2n) is 6.67.